The van der Waals surface area contributed by atoms with Crippen molar-refractivity contribution in [1.29, 1.82) is 0 Å². The van der Waals surface area contributed by atoms with E-state index in [9.17, 15) is 4.79 Å². The number of carbonyl (C=O) groups is 1. The van der Waals surface area contributed by atoms with E-state index in [1.807, 2.05) is 0 Å². The maximum Gasteiger partial charge on any atom is 0.192 e. The monoisotopic (exact) mass is 355 g/mol. The van der Waals surface area contributed by atoms with Gasteiger partial charge >= 0.3 is 0 Å². The van der Waals surface area contributed by atoms with E-state index >= 15 is 0 Å². The molecule has 4 rings (SSSR count). The predicted octanol–water partition coefficient (Wildman–Crippen LogP) is 5.31. The summed E-state index contributed by atoms with van der Waals surface area (Å²) in [7, 11) is -1.92. The van der Waals surface area contributed by atoms with Crippen LogP contribution in [0.2, 0.25) is 18.1 Å². The number of para-hydroxylation sites is 1. The normalized spacial score (nSPS) is 26.8. The molecule has 1 aliphatic carbocycles. The second kappa shape index (κ2) is 5.55. The average molecular weight is 356 g/mol. The number of nitrogens with zero attached hydrogens (tertiary/aromatic N) is 1. The van der Waals surface area contributed by atoms with Crippen LogP contribution in [0.25, 0.3) is 10.9 Å². The van der Waals surface area contributed by atoms with E-state index in [2.05, 4.69) is 68.8 Å². The standard InChI is InChI=1S/C21H29NO2Si/c1-21(2,3)25(4,5)24-20-17-12-16(23)10-15(17)13-22-18-9-7-6-8-14(18)11-19(20)22/h6-9,11,15,17,20H,10,12-13H2,1-5H3/t15?,17-,20+/m1/s1. The Kier molecular flexibility index (Phi) is 3.78. The highest BCUT2D eigenvalue weighted by atomic mass is 28.4. The fourth-order valence-corrected chi connectivity index (χ4v) is 5.56. The summed E-state index contributed by atoms with van der Waals surface area (Å²) in [5, 5.41) is 1.45. The molecular formula is C21H29NO2Si. The van der Waals surface area contributed by atoms with E-state index in [1.54, 1.807) is 0 Å². The smallest absolute Gasteiger partial charge is 0.192 e. The SMILES string of the molecule is CC(C)(C)[Si](C)(C)O[C@@H]1c2cc3ccccc3n2CC2CC(=O)C[C@H]21. The lowest BCUT2D eigenvalue weighted by Crippen LogP contribution is -2.45. The van der Waals surface area contributed by atoms with Crippen molar-refractivity contribution in [1.82, 2.24) is 4.57 Å². The summed E-state index contributed by atoms with van der Waals surface area (Å²) < 4.78 is 9.35. The fraction of sp³-hybridized carbons (Fsp3) is 0.571. The largest absolute Gasteiger partial charge is 0.408 e. The van der Waals surface area contributed by atoms with Crippen LogP contribution in [-0.4, -0.2) is 18.7 Å². The minimum Gasteiger partial charge on any atom is -0.408 e. The van der Waals surface area contributed by atoms with Gasteiger partial charge in [0.25, 0.3) is 0 Å². The van der Waals surface area contributed by atoms with Crippen molar-refractivity contribution in [2.75, 3.05) is 0 Å². The molecule has 2 aromatic rings. The van der Waals surface area contributed by atoms with Gasteiger partial charge in [-0.15, -0.1) is 0 Å². The third-order valence-corrected chi connectivity index (χ3v) is 11.2. The molecule has 134 valence electrons. The molecule has 0 N–H and O–H groups in total. The van der Waals surface area contributed by atoms with E-state index in [0.717, 1.165) is 6.54 Å². The molecule has 1 fully saturated rings. The van der Waals surface area contributed by atoms with Gasteiger partial charge in [-0.1, -0.05) is 39.0 Å². The van der Waals surface area contributed by atoms with E-state index in [-0.39, 0.29) is 11.1 Å². The van der Waals surface area contributed by atoms with Crippen molar-refractivity contribution in [3.63, 3.8) is 0 Å². The van der Waals surface area contributed by atoms with Gasteiger partial charge in [-0.05, 0) is 41.6 Å². The van der Waals surface area contributed by atoms with Crippen LogP contribution >= 0.6 is 0 Å². The molecule has 25 heavy (non-hydrogen) atoms. The van der Waals surface area contributed by atoms with Crippen LogP contribution in [0.4, 0.5) is 0 Å². The first-order valence-corrected chi connectivity index (χ1v) is 12.4. The van der Waals surface area contributed by atoms with Crippen LogP contribution in [-0.2, 0) is 15.8 Å². The number of carbonyl (C=O) groups excluding carboxylic acids is 1. The average Bonchev–Trinajstić information content (AvgIpc) is 3.06. The highest BCUT2D eigenvalue weighted by Crippen LogP contribution is 2.50. The Labute approximate surface area is 151 Å². The maximum absolute atomic E-state index is 12.2. The van der Waals surface area contributed by atoms with Crippen LogP contribution in [0.15, 0.2) is 30.3 Å². The van der Waals surface area contributed by atoms with Crippen molar-refractivity contribution >= 4 is 25.0 Å². The summed E-state index contributed by atoms with van der Waals surface area (Å²) in [6.07, 6.45) is 1.46. The van der Waals surface area contributed by atoms with E-state index in [0.29, 0.717) is 30.5 Å². The van der Waals surface area contributed by atoms with Gasteiger partial charge in [0.15, 0.2) is 8.32 Å². The minimum atomic E-state index is -1.92. The van der Waals surface area contributed by atoms with Crippen molar-refractivity contribution < 1.29 is 9.22 Å². The molecule has 3 atom stereocenters. The first-order chi connectivity index (χ1) is 11.7. The van der Waals surface area contributed by atoms with Crippen molar-refractivity contribution in [2.45, 2.75) is 64.4 Å². The zero-order valence-electron chi connectivity index (χ0n) is 16.0. The lowest BCUT2D eigenvalue weighted by molar-refractivity contribution is -0.117. The van der Waals surface area contributed by atoms with Crippen molar-refractivity contribution in [2.24, 2.45) is 11.8 Å². The van der Waals surface area contributed by atoms with Crippen LogP contribution in [0.5, 0.6) is 0 Å². The molecule has 1 aliphatic heterocycles. The van der Waals surface area contributed by atoms with E-state index in [1.165, 1.54) is 16.6 Å². The lowest BCUT2D eigenvalue weighted by Gasteiger charge is -2.44. The summed E-state index contributed by atoms with van der Waals surface area (Å²) in [5.74, 6) is 1.18. The third kappa shape index (κ3) is 2.70. The summed E-state index contributed by atoms with van der Waals surface area (Å²) in [6, 6.07) is 10.9. The molecule has 2 aliphatic rings. The molecule has 4 heteroatoms. The van der Waals surface area contributed by atoms with Crippen LogP contribution < -0.4 is 0 Å². The molecule has 0 spiro atoms. The zero-order chi connectivity index (χ0) is 18.0. The van der Waals surface area contributed by atoms with Gasteiger partial charge in [0.2, 0.25) is 0 Å². The zero-order valence-corrected chi connectivity index (χ0v) is 17.0. The second-order valence-corrected chi connectivity index (χ2v) is 14.2. The summed E-state index contributed by atoms with van der Waals surface area (Å²) in [4.78, 5) is 12.2. The van der Waals surface area contributed by atoms with Gasteiger partial charge in [0.05, 0.1) is 6.10 Å². The molecule has 3 nitrogen and oxygen atoms in total. The molecule has 1 unspecified atom stereocenters. The Bertz CT molecular complexity index is 830. The quantitative estimate of drug-likeness (QED) is 0.683. The number of fused-ring (bicyclic) bond motifs is 4. The number of Topliss-reactive ketones (excluding diaryl/α,β-unsaturated/α-hetero) is 1. The van der Waals surface area contributed by atoms with E-state index in [4.69, 9.17) is 4.43 Å². The topological polar surface area (TPSA) is 31.2 Å². The first kappa shape index (κ1) is 17.0. The maximum atomic E-state index is 12.2. The third-order valence-electron chi connectivity index (χ3n) is 6.73. The predicted molar refractivity (Wildman–Crippen MR) is 104 cm³/mol. The molecule has 1 saturated carbocycles. The Morgan fingerprint density at radius 2 is 1.88 bits per heavy atom. The number of aromatic nitrogens is 1. The highest BCUT2D eigenvalue weighted by molar-refractivity contribution is 6.74. The summed E-state index contributed by atoms with van der Waals surface area (Å²) >= 11 is 0. The van der Waals surface area contributed by atoms with Crippen molar-refractivity contribution in [3.05, 3.63) is 36.0 Å². The van der Waals surface area contributed by atoms with Gasteiger partial charge in [-0.2, -0.15) is 0 Å². The lowest BCUT2D eigenvalue weighted by atomic mass is 9.86. The van der Waals surface area contributed by atoms with Crippen LogP contribution in [0.3, 0.4) is 0 Å². The van der Waals surface area contributed by atoms with Gasteiger partial charge in [-0.3, -0.25) is 4.79 Å². The number of benzene rings is 1. The van der Waals surface area contributed by atoms with Gasteiger partial charge in [0.1, 0.15) is 5.78 Å². The van der Waals surface area contributed by atoms with Crippen molar-refractivity contribution in [3.8, 4) is 0 Å². The Morgan fingerprint density at radius 1 is 1.16 bits per heavy atom. The number of hydrogen-bond acceptors (Lipinski definition) is 2. The molecular weight excluding hydrogens is 326 g/mol. The Morgan fingerprint density at radius 3 is 2.60 bits per heavy atom. The number of ketones is 1. The molecule has 2 heterocycles. The molecule has 1 aromatic heterocycles. The summed E-state index contributed by atoms with van der Waals surface area (Å²) in [5.41, 5.74) is 2.56. The Balaban J connectivity index is 1.82. The van der Waals surface area contributed by atoms with Gasteiger partial charge in [0, 0.05) is 36.5 Å². The molecule has 0 amide bonds. The highest BCUT2D eigenvalue weighted by Gasteiger charge is 2.48. The molecule has 0 radical (unpaired) electrons. The minimum absolute atomic E-state index is 0.0542. The van der Waals surface area contributed by atoms with Crippen LogP contribution in [0, 0.1) is 11.8 Å². The van der Waals surface area contributed by atoms with E-state index < -0.39 is 8.32 Å². The van der Waals surface area contributed by atoms with Gasteiger partial charge in [-0.25, -0.2) is 0 Å². The second-order valence-electron chi connectivity index (χ2n) is 9.41. The molecule has 0 saturated heterocycles. The molecule has 0 bridgehead atoms. The number of hydrogen-bond donors (Lipinski definition) is 0. The van der Waals surface area contributed by atoms with Gasteiger partial charge < -0.3 is 8.99 Å². The first-order valence-electron chi connectivity index (χ1n) is 9.45. The number of rotatable bonds is 2. The Hall–Kier alpha value is -1.39. The fourth-order valence-electron chi connectivity index (χ4n) is 4.28. The molecule has 1 aromatic carbocycles. The summed E-state index contributed by atoms with van der Waals surface area (Å²) in [6.45, 7) is 12.5. The van der Waals surface area contributed by atoms with Crippen LogP contribution in [0.1, 0.15) is 45.4 Å².